The number of carbonyl (C=O) groups excluding carboxylic acids is 1. The molecular weight excluding hydrogens is 412 g/mol. The van der Waals surface area contributed by atoms with Gasteiger partial charge in [-0.2, -0.15) is 0 Å². The standard InChI is InChI=1S/C24H32N2O4S/c1-17-13-18(2)15-19(14-17)26(31(5,28)29)12-8-11-23(27)25-21-16-24(3,4)30-22-10-7-6-9-20(21)22/h6-7,9-10,13-15,21H,8,11-12,16H2,1-5H3,(H,25,27)/t21-/m0/s1. The van der Waals surface area contributed by atoms with Gasteiger partial charge in [-0.25, -0.2) is 8.42 Å². The van der Waals surface area contributed by atoms with Crippen LogP contribution in [0.25, 0.3) is 0 Å². The Morgan fingerprint density at radius 2 is 1.81 bits per heavy atom. The van der Waals surface area contributed by atoms with E-state index in [0.717, 1.165) is 22.4 Å². The fourth-order valence-electron chi connectivity index (χ4n) is 4.16. The van der Waals surface area contributed by atoms with Gasteiger partial charge < -0.3 is 10.1 Å². The second-order valence-electron chi connectivity index (χ2n) is 9.01. The number of hydrogen-bond donors (Lipinski definition) is 1. The fraction of sp³-hybridized carbons (Fsp3) is 0.458. The van der Waals surface area contributed by atoms with E-state index < -0.39 is 10.0 Å². The third kappa shape index (κ3) is 6.00. The van der Waals surface area contributed by atoms with Gasteiger partial charge in [-0.05, 0) is 63.4 Å². The largest absolute Gasteiger partial charge is 0.487 e. The summed E-state index contributed by atoms with van der Waals surface area (Å²) >= 11 is 0. The Morgan fingerprint density at radius 3 is 2.45 bits per heavy atom. The first-order chi connectivity index (χ1) is 14.4. The zero-order valence-corrected chi connectivity index (χ0v) is 19.8. The van der Waals surface area contributed by atoms with Crippen LogP contribution in [0.4, 0.5) is 5.69 Å². The molecular formula is C24H32N2O4S. The van der Waals surface area contributed by atoms with Crippen LogP contribution in [0.1, 0.15) is 55.8 Å². The zero-order valence-electron chi connectivity index (χ0n) is 18.9. The van der Waals surface area contributed by atoms with Gasteiger partial charge in [0.15, 0.2) is 0 Å². The Hall–Kier alpha value is -2.54. The smallest absolute Gasteiger partial charge is 0.232 e. The number of nitrogens with one attached hydrogen (secondary N) is 1. The van der Waals surface area contributed by atoms with Crippen molar-refractivity contribution >= 4 is 21.6 Å². The van der Waals surface area contributed by atoms with E-state index in [1.165, 1.54) is 10.6 Å². The number of rotatable bonds is 7. The van der Waals surface area contributed by atoms with Crippen molar-refractivity contribution in [3.05, 3.63) is 59.2 Å². The molecule has 0 unspecified atom stereocenters. The zero-order chi connectivity index (χ0) is 22.8. The molecule has 0 fully saturated rings. The maximum absolute atomic E-state index is 12.7. The summed E-state index contributed by atoms with van der Waals surface area (Å²) in [4.78, 5) is 12.7. The molecule has 168 valence electrons. The number of ether oxygens (including phenoxy) is 1. The van der Waals surface area contributed by atoms with Crippen LogP contribution in [-0.2, 0) is 14.8 Å². The maximum atomic E-state index is 12.7. The topological polar surface area (TPSA) is 75.7 Å². The molecule has 31 heavy (non-hydrogen) atoms. The number of nitrogens with zero attached hydrogens (tertiary/aromatic N) is 1. The highest BCUT2D eigenvalue weighted by molar-refractivity contribution is 7.92. The minimum Gasteiger partial charge on any atom is -0.487 e. The van der Waals surface area contributed by atoms with Crippen molar-refractivity contribution in [3.63, 3.8) is 0 Å². The molecule has 0 saturated heterocycles. The first-order valence-corrected chi connectivity index (χ1v) is 12.4. The Balaban J connectivity index is 1.65. The van der Waals surface area contributed by atoms with Gasteiger partial charge >= 0.3 is 0 Å². The highest BCUT2D eigenvalue weighted by atomic mass is 32.2. The molecule has 6 nitrogen and oxygen atoms in total. The SMILES string of the molecule is Cc1cc(C)cc(N(CCCC(=O)N[C@H]2CC(C)(C)Oc3ccccc32)S(C)(=O)=O)c1. The second-order valence-corrected chi connectivity index (χ2v) is 10.9. The summed E-state index contributed by atoms with van der Waals surface area (Å²) in [5, 5.41) is 3.11. The monoisotopic (exact) mass is 444 g/mol. The molecule has 1 atom stereocenters. The normalized spacial score (nSPS) is 17.4. The molecule has 1 N–H and O–H groups in total. The predicted molar refractivity (Wildman–Crippen MR) is 124 cm³/mol. The number of fused-ring (bicyclic) bond motifs is 1. The first kappa shape index (κ1) is 23.1. The van der Waals surface area contributed by atoms with Crippen molar-refractivity contribution < 1.29 is 17.9 Å². The summed E-state index contributed by atoms with van der Waals surface area (Å²) in [6, 6.07) is 13.3. The van der Waals surface area contributed by atoms with E-state index in [0.29, 0.717) is 18.5 Å². The van der Waals surface area contributed by atoms with E-state index in [-0.39, 0.29) is 30.5 Å². The summed E-state index contributed by atoms with van der Waals surface area (Å²) in [7, 11) is -3.45. The van der Waals surface area contributed by atoms with E-state index in [9.17, 15) is 13.2 Å². The second kappa shape index (κ2) is 8.91. The number of benzene rings is 2. The summed E-state index contributed by atoms with van der Waals surface area (Å²) in [5.41, 5.74) is 3.25. The van der Waals surface area contributed by atoms with Gasteiger partial charge in [-0.1, -0.05) is 24.3 Å². The number of carbonyl (C=O) groups is 1. The number of para-hydroxylation sites is 1. The van der Waals surface area contributed by atoms with Crippen LogP contribution in [0, 0.1) is 13.8 Å². The van der Waals surface area contributed by atoms with Gasteiger partial charge in [0.1, 0.15) is 11.4 Å². The van der Waals surface area contributed by atoms with Crippen molar-refractivity contribution in [2.75, 3.05) is 17.1 Å². The van der Waals surface area contributed by atoms with E-state index in [1.54, 1.807) is 0 Å². The van der Waals surface area contributed by atoms with Gasteiger partial charge in [-0.15, -0.1) is 0 Å². The molecule has 0 aliphatic carbocycles. The predicted octanol–water partition coefficient (Wildman–Crippen LogP) is 4.27. The van der Waals surface area contributed by atoms with Crippen molar-refractivity contribution in [3.8, 4) is 5.75 Å². The molecule has 0 radical (unpaired) electrons. The Bertz CT molecular complexity index is 1040. The van der Waals surface area contributed by atoms with Gasteiger partial charge in [0.2, 0.25) is 15.9 Å². The van der Waals surface area contributed by atoms with Crippen LogP contribution >= 0.6 is 0 Å². The Labute approximate surface area is 185 Å². The molecule has 1 aliphatic heterocycles. The van der Waals surface area contributed by atoms with Crippen molar-refractivity contribution in [1.29, 1.82) is 0 Å². The summed E-state index contributed by atoms with van der Waals surface area (Å²) in [6.45, 7) is 8.16. The lowest BCUT2D eigenvalue weighted by Gasteiger charge is -2.37. The number of amides is 1. The molecule has 2 aromatic rings. The van der Waals surface area contributed by atoms with Gasteiger partial charge in [-0.3, -0.25) is 9.10 Å². The molecule has 0 bridgehead atoms. The van der Waals surface area contributed by atoms with Crippen LogP contribution in [-0.4, -0.2) is 32.7 Å². The number of aryl methyl sites for hydroxylation is 2. The van der Waals surface area contributed by atoms with E-state index in [2.05, 4.69) is 5.32 Å². The van der Waals surface area contributed by atoms with Crippen LogP contribution < -0.4 is 14.4 Å². The summed E-state index contributed by atoms with van der Waals surface area (Å²) < 4.78 is 32.1. The van der Waals surface area contributed by atoms with Crippen LogP contribution in [0.5, 0.6) is 5.75 Å². The molecule has 0 saturated carbocycles. The molecule has 7 heteroatoms. The van der Waals surface area contributed by atoms with E-state index in [1.807, 2.05) is 70.2 Å². The van der Waals surface area contributed by atoms with Crippen molar-refractivity contribution in [2.45, 2.75) is 58.6 Å². The molecule has 1 heterocycles. The molecule has 1 amide bonds. The molecule has 0 aromatic heterocycles. The number of anilines is 1. The van der Waals surface area contributed by atoms with Crippen molar-refractivity contribution in [1.82, 2.24) is 5.32 Å². The molecule has 3 rings (SSSR count). The van der Waals surface area contributed by atoms with Crippen molar-refractivity contribution in [2.24, 2.45) is 0 Å². The minimum absolute atomic E-state index is 0.0913. The minimum atomic E-state index is -3.45. The first-order valence-electron chi connectivity index (χ1n) is 10.6. The van der Waals surface area contributed by atoms with E-state index in [4.69, 9.17) is 4.74 Å². The number of hydrogen-bond acceptors (Lipinski definition) is 4. The molecule has 2 aromatic carbocycles. The third-order valence-corrected chi connectivity index (χ3v) is 6.57. The van der Waals surface area contributed by atoms with Crippen LogP contribution in [0.3, 0.4) is 0 Å². The third-order valence-electron chi connectivity index (χ3n) is 5.37. The highest BCUT2D eigenvalue weighted by Crippen LogP contribution is 2.39. The van der Waals surface area contributed by atoms with E-state index >= 15 is 0 Å². The molecule has 1 aliphatic rings. The summed E-state index contributed by atoms with van der Waals surface area (Å²) in [6.07, 6.45) is 2.55. The highest BCUT2D eigenvalue weighted by Gasteiger charge is 2.34. The lowest BCUT2D eigenvalue weighted by Crippen LogP contribution is -2.41. The average molecular weight is 445 g/mol. The summed E-state index contributed by atoms with van der Waals surface area (Å²) in [5.74, 6) is 0.702. The Kier molecular flexibility index (Phi) is 6.65. The fourth-order valence-corrected chi connectivity index (χ4v) is 5.11. The maximum Gasteiger partial charge on any atom is 0.232 e. The lowest BCUT2D eigenvalue weighted by molar-refractivity contribution is -0.122. The van der Waals surface area contributed by atoms with Crippen LogP contribution in [0.2, 0.25) is 0 Å². The average Bonchev–Trinajstić information content (AvgIpc) is 2.62. The van der Waals surface area contributed by atoms with Gasteiger partial charge in [0, 0.05) is 24.9 Å². The number of sulfonamides is 1. The van der Waals surface area contributed by atoms with Gasteiger partial charge in [0.05, 0.1) is 18.0 Å². The van der Waals surface area contributed by atoms with Crippen LogP contribution in [0.15, 0.2) is 42.5 Å². The quantitative estimate of drug-likeness (QED) is 0.692. The Morgan fingerprint density at radius 1 is 1.16 bits per heavy atom. The van der Waals surface area contributed by atoms with Gasteiger partial charge in [0.25, 0.3) is 0 Å². The molecule has 0 spiro atoms. The lowest BCUT2D eigenvalue weighted by atomic mass is 9.89.